The number of ether oxygens (including phenoxy) is 1. The van der Waals surface area contributed by atoms with Crippen LogP contribution in [0.4, 0.5) is 5.82 Å². The maximum atomic E-state index is 5.82. The highest BCUT2D eigenvalue weighted by Gasteiger charge is 2.22. The van der Waals surface area contributed by atoms with Gasteiger partial charge in [0.1, 0.15) is 11.6 Å². The Hall–Kier alpha value is -1.99. The highest BCUT2D eigenvalue weighted by Crippen LogP contribution is 2.17. The van der Waals surface area contributed by atoms with Crippen LogP contribution < -0.4 is 5.32 Å². The molecular formula is C15H21N5O2. The van der Waals surface area contributed by atoms with Gasteiger partial charge < -0.3 is 14.6 Å². The van der Waals surface area contributed by atoms with Crippen molar-refractivity contribution < 1.29 is 9.26 Å². The second-order valence-corrected chi connectivity index (χ2v) is 5.52. The minimum atomic E-state index is 0.135. The number of rotatable bonds is 5. The number of nitrogens with one attached hydrogen (secondary N) is 1. The molecule has 1 fully saturated rings. The first kappa shape index (κ1) is 14.9. The van der Waals surface area contributed by atoms with Crippen LogP contribution in [0, 0.1) is 13.8 Å². The Bertz CT molecular complexity index is 582. The van der Waals surface area contributed by atoms with Crippen molar-refractivity contribution >= 4 is 5.82 Å². The quantitative estimate of drug-likeness (QED) is 0.894. The lowest BCUT2D eigenvalue weighted by molar-refractivity contribution is -0.0242. The Labute approximate surface area is 129 Å². The van der Waals surface area contributed by atoms with Crippen molar-refractivity contribution in [1.29, 1.82) is 0 Å². The van der Waals surface area contributed by atoms with E-state index in [1.54, 1.807) is 6.20 Å². The number of aromatic nitrogens is 3. The van der Waals surface area contributed by atoms with Gasteiger partial charge in [-0.15, -0.1) is 5.10 Å². The third-order valence-corrected chi connectivity index (χ3v) is 3.87. The van der Waals surface area contributed by atoms with Crippen molar-refractivity contribution in [1.82, 2.24) is 20.3 Å². The summed E-state index contributed by atoms with van der Waals surface area (Å²) < 4.78 is 11.1. The zero-order valence-electron chi connectivity index (χ0n) is 13.0. The number of hydrogen-bond acceptors (Lipinski definition) is 7. The van der Waals surface area contributed by atoms with Crippen LogP contribution in [0.15, 0.2) is 22.9 Å². The first-order valence-corrected chi connectivity index (χ1v) is 7.49. The summed E-state index contributed by atoms with van der Waals surface area (Å²) in [4.78, 5) is 2.37. The molecule has 2 aromatic heterocycles. The van der Waals surface area contributed by atoms with Gasteiger partial charge in [0.05, 0.1) is 18.4 Å². The summed E-state index contributed by atoms with van der Waals surface area (Å²) in [5, 5.41) is 15.1. The number of hydrogen-bond donors (Lipinski definition) is 1. The molecule has 1 N–H and O–H groups in total. The van der Waals surface area contributed by atoms with E-state index in [1.807, 2.05) is 26.0 Å². The van der Waals surface area contributed by atoms with Crippen LogP contribution in [0.3, 0.4) is 0 Å². The molecule has 0 saturated carbocycles. The molecule has 3 heterocycles. The average Bonchev–Trinajstić information content (AvgIpc) is 2.86. The van der Waals surface area contributed by atoms with E-state index in [4.69, 9.17) is 9.26 Å². The third kappa shape index (κ3) is 3.61. The standard InChI is InChI=1S/C15H21N5O2/c1-11-14(12(2)22-19-11)10-20-6-7-21-13(9-20)8-16-15-4-3-5-17-18-15/h3-5,13H,6-10H2,1-2H3,(H,16,18)/t13-/m0/s1. The summed E-state index contributed by atoms with van der Waals surface area (Å²) in [6.07, 6.45) is 1.80. The Morgan fingerprint density at radius 3 is 3.05 bits per heavy atom. The molecular weight excluding hydrogens is 282 g/mol. The first-order valence-electron chi connectivity index (χ1n) is 7.49. The monoisotopic (exact) mass is 303 g/mol. The molecule has 1 saturated heterocycles. The van der Waals surface area contributed by atoms with E-state index in [0.29, 0.717) is 0 Å². The lowest BCUT2D eigenvalue weighted by Gasteiger charge is -2.33. The second-order valence-electron chi connectivity index (χ2n) is 5.52. The normalized spacial score (nSPS) is 19.3. The molecule has 0 radical (unpaired) electrons. The average molecular weight is 303 g/mol. The molecule has 1 aliphatic rings. The van der Waals surface area contributed by atoms with Crippen LogP contribution in [0.25, 0.3) is 0 Å². The molecule has 0 spiro atoms. The van der Waals surface area contributed by atoms with Crippen molar-refractivity contribution in [2.75, 3.05) is 31.6 Å². The highest BCUT2D eigenvalue weighted by atomic mass is 16.5. The Balaban J connectivity index is 1.53. The minimum absolute atomic E-state index is 0.135. The zero-order valence-corrected chi connectivity index (χ0v) is 13.0. The van der Waals surface area contributed by atoms with Crippen LogP contribution >= 0.6 is 0 Å². The lowest BCUT2D eigenvalue weighted by Crippen LogP contribution is -2.45. The van der Waals surface area contributed by atoms with E-state index < -0.39 is 0 Å². The van der Waals surface area contributed by atoms with Crippen molar-refractivity contribution in [2.45, 2.75) is 26.5 Å². The molecule has 3 rings (SSSR count). The number of anilines is 1. The third-order valence-electron chi connectivity index (χ3n) is 3.87. The molecule has 7 nitrogen and oxygen atoms in total. The fourth-order valence-electron chi connectivity index (χ4n) is 2.61. The lowest BCUT2D eigenvalue weighted by atomic mass is 10.1. The molecule has 0 aliphatic carbocycles. The zero-order chi connectivity index (χ0) is 15.4. The topological polar surface area (TPSA) is 76.3 Å². The molecule has 0 aromatic carbocycles. The van der Waals surface area contributed by atoms with Gasteiger partial charge in [0, 0.05) is 37.9 Å². The van der Waals surface area contributed by atoms with Gasteiger partial charge in [-0.3, -0.25) is 4.90 Å². The van der Waals surface area contributed by atoms with E-state index in [0.717, 1.165) is 50.1 Å². The van der Waals surface area contributed by atoms with Gasteiger partial charge >= 0.3 is 0 Å². The highest BCUT2D eigenvalue weighted by molar-refractivity contribution is 5.31. The summed E-state index contributed by atoms with van der Waals surface area (Å²) >= 11 is 0. The van der Waals surface area contributed by atoms with Gasteiger partial charge in [0.2, 0.25) is 0 Å². The maximum Gasteiger partial charge on any atom is 0.148 e. The Morgan fingerprint density at radius 1 is 1.41 bits per heavy atom. The second kappa shape index (κ2) is 6.85. The van der Waals surface area contributed by atoms with Gasteiger partial charge in [-0.1, -0.05) is 5.16 Å². The molecule has 0 bridgehead atoms. The van der Waals surface area contributed by atoms with E-state index >= 15 is 0 Å². The summed E-state index contributed by atoms with van der Waals surface area (Å²) in [6.45, 7) is 8.05. The smallest absolute Gasteiger partial charge is 0.148 e. The fourth-order valence-corrected chi connectivity index (χ4v) is 2.61. The molecule has 1 aliphatic heterocycles. The summed E-state index contributed by atoms with van der Waals surface area (Å²) in [6, 6.07) is 3.76. The van der Waals surface area contributed by atoms with E-state index in [9.17, 15) is 0 Å². The van der Waals surface area contributed by atoms with Gasteiger partial charge in [-0.05, 0) is 26.0 Å². The van der Waals surface area contributed by atoms with Gasteiger partial charge in [0.25, 0.3) is 0 Å². The molecule has 0 unspecified atom stereocenters. The Kier molecular flexibility index (Phi) is 4.65. The van der Waals surface area contributed by atoms with Crippen LogP contribution in [0.1, 0.15) is 17.0 Å². The van der Waals surface area contributed by atoms with Crippen molar-refractivity contribution in [3.8, 4) is 0 Å². The first-order chi connectivity index (χ1) is 10.7. The largest absolute Gasteiger partial charge is 0.374 e. The fraction of sp³-hybridized carbons (Fsp3) is 0.533. The van der Waals surface area contributed by atoms with E-state index in [1.165, 1.54) is 5.56 Å². The summed E-state index contributed by atoms with van der Waals surface area (Å²) in [5.41, 5.74) is 2.15. The van der Waals surface area contributed by atoms with Crippen LogP contribution in [-0.4, -0.2) is 52.6 Å². The predicted octanol–water partition coefficient (Wildman–Crippen LogP) is 1.39. The van der Waals surface area contributed by atoms with Gasteiger partial charge in [-0.2, -0.15) is 5.10 Å². The maximum absolute atomic E-state index is 5.82. The van der Waals surface area contributed by atoms with E-state index in [2.05, 4.69) is 25.6 Å². The SMILES string of the molecule is Cc1noc(C)c1CN1CCO[C@@H](CNc2cccnn2)C1. The molecule has 0 amide bonds. The van der Waals surface area contributed by atoms with Crippen molar-refractivity contribution in [3.05, 3.63) is 35.3 Å². The van der Waals surface area contributed by atoms with Gasteiger partial charge in [0.15, 0.2) is 0 Å². The van der Waals surface area contributed by atoms with Crippen molar-refractivity contribution in [2.24, 2.45) is 0 Å². The summed E-state index contributed by atoms with van der Waals surface area (Å²) in [5.74, 6) is 1.67. The molecule has 7 heteroatoms. The van der Waals surface area contributed by atoms with Crippen LogP contribution in [0.5, 0.6) is 0 Å². The number of morpholine rings is 1. The molecule has 2 aromatic rings. The van der Waals surface area contributed by atoms with Crippen LogP contribution in [-0.2, 0) is 11.3 Å². The molecule has 22 heavy (non-hydrogen) atoms. The van der Waals surface area contributed by atoms with Gasteiger partial charge in [-0.25, -0.2) is 0 Å². The minimum Gasteiger partial charge on any atom is -0.374 e. The number of aryl methyl sites for hydroxylation is 2. The van der Waals surface area contributed by atoms with E-state index in [-0.39, 0.29) is 6.10 Å². The predicted molar refractivity (Wildman–Crippen MR) is 81.5 cm³/mol. The summed E-state index contributed by atoms with van der Waals surface area (Å²) in [7, 11) is 0. The Morgan fingerprint density at radius 2 is 2.32 bits per heavy atom. The molecule has 1 atom stereocenters. The van der Waals surface area contributed by atoms with Crippen LogP contribution in [0.2, 0.25) is 0 Å². The molecule has 118 valence electrons. The van der Waals surface area contributed by atoms with Crippen molar-refractivity contribution in [3.63, 3.8) is 0 Å². The number of nitrogens with zero attached hydrogens (tertiary/aromatic N) is 4.